The molecule has 0 bridgehead atoms. The Hall–Kier alpha value is -1.66. The summed E-state index contributed by atoms with van der Waals surface area (Å²) in [6.45, 7) is 4.93. The standard InChI is InChI=1S/C12H18N2O4/c1-3-13-7-10(15)8-18-12-6-9(2)4-5-11(12)14(16)17/h4-6,10,13,15H,3,7-8H2,1-2H3. The predicted octanol–water partition coefficient (Wildman–Crippen LogP) is 1.25. The van der Waals surface area contributed by atoms with Crippen molar-refractivity contribution in [2.24, 2.45) is 0 Å². The Bertz CT molecular complexity index is 409. The Morgan fingerprint density at radius 1 is 1.56 bits per heavy atom. The van der Waals surface area contributed by atoms with Crippen LogP contribution in [-0.2, 0) is 0 Å². The summed E-state index contributed by atoms with van der Waals surface area (Å²) in [5.41, 5.74) is 0.785. The highest BCUT2D eigenvalue weighted by Gasteiger charge is 2.16. The Balaban J connectivity index is 2.65. The quantitative estimate of drug-likeness (QED) is 0.565. The third kappa shape index (κ3) is 4.31. The minimum Gasteiger partial charge on any atom is -0.484 e. The summed E-state index contributed by atoms with van der Waals surface area (Å²) in [6, 6.07) is 4.65. The highest BCUT2D eigenvalue weighted by molar-refractivity contribution is 5.48. The zero-order chi connectivity index (χ0) is 13.5. The van der Waals surface area contributed by atoms with Crippen molar-refractivity contribution in [1.82, 2.24) is 5.32 Å². The van der Waals surface area contributed by atoms with Gasteiger partial charge in [-0.05, 0) is 25.1 Å². The topological polar surface area (TPSA) is 84.6 Å². The predicted molar refractivity (Wildman–Crippen MR) is 67.9 cm³/mol. The lowest BCUT2D eigenvalue weighted by molar-refractivity contribution is -0.385. The van der Waals surface area contributed by atoms with Gasteiger partial charge in [0.15, 0.2) is 5.75 Å². The Morgan fingerprint density at radius 3 is 2.89 bits per heavy atom. The van der Waals surface area contributed by atoms with E-state index in [-0.39, 0.29) is 18.0 Å². The van der Waals surface area contributed by atoms with Crippen LogP contribution in [0.15, 0.2) is 18.2 Å². The molecule has 1 unspecified atom stereocenters. The lowest BCUT2D eigenvalue weighted by Gasteiger charge is -2.12. The van der Waals surface area contributed by atoms with E-state index in [1.165, 1.54) is 6.07 Å². The largest absolute Gasteiger partial charge is 0.484 e. The molecule has 1 atom stereocenters. The third-order valence-corrected chi connectivity index (χ3v) is 2.37. The molecule has 1 aromatic rings. The molecule has 0 heterocycles. The molecule has 6 nitrogen and oxygen atoms in total. The van der Waals surface area contributed by atoms with Crippen LogP contribution in [0.2, 0.25) is 0 Å². The number of nitro groups is 1. The fourth-order valence-corrected chi connectivity index (χ4v) is 1.44. The van der Waals surface area contributed by atoms with E-state index in [1.54, 1.807) is 12.1 Å². The first-order valence-electron chi connectivity index (χ1n) is 5.81. The number of benzene rings is 1. The number of nitrogens with zero attached hydrogens (tertiary/aromatic N) is 1. The second kappa shape index (κ2) is 6.93. The molecule has 0 saturated heterocycles. The molecular weight excluding hydrogens is 236 g/mol. The van der Waals surface area contributed by atoms with Gasteiger partial charge in [0.2, 0.25) is 0 Å². The molecule has 0 radical (unpaired) electrons. The SMILES string of the molecule is CCNCC(O)COc1cc(C)ccc1[N+](=O)[O-]. The van der Waals surface area contributed by atoms with E-state index in [1.807, 2.05) is 13.8 Å². The minimum atomic E-state index is -0.690. The Kier molecular flexibility index (Phi) is 5.54. The summed E-state index contributed by atoms with van der Waals surface area (Å²) in [4.78, 5) is 10.3. The van der Waals surface area contributed by atoms with Crippen LogP contribution in [-0.4, -0.2) is 35.8 Å². The van der Waals surface area contributed by atoms with Gasteiger partial charge in [-0.1, -0.05) is 13.0 Å². The highest BCUT2D eigenvalue weighted by atomic mass is 16.6. The number of nitro benzene ring substituents is 1. The van der Waals surface area contributed by atoms with Gasteiger partial charge in [0, 0.05) is 12.6 Å². The zero-order valence-corrected chi connectivity index (χ0v) is 10.5. The minimum absolute atomic E-state index is 0.0251. The molecule has 0 aromatic heterocycles. The van der Waals surface area contributed by atoms with Crippen molar-refractivity contribution in [2.45, 2.75) is 20.0 Å². The van der Waals surface area contributed by atoms with Gasteiger partial charge in [0.05, 0.1) is 4.92 Å². The monoisotopic (exact) mass is 254 g/mol. The van der Waals surface area contributed by atoms with Crippen molar-refractivity contribution >= 4 is 5.69 Å². The van der Waals surface area contributed by atoms with Crippen molar-refractivity contribution in [3.63, 3.8) is 0 Å². The van der Waals surface area contributed by atoms with Crippen molar-refractivity contribution in [2.75, 3.05) is 19.7 Å². The Labute approximate surface area is 106 Å². The van der Waals surface area contributed by atoms with Crippen LogP contribution in [0.4, 0.5) is 5.69 Å². The molecule has 0 spiro atoms. The van der Waals surface area contributed by atoms with Crippen LogP contribution in [0.3, 0.4) is 0 Å². The van der Waals surface area contributed by atoms with Crippen molar-refractivity contribution in [3.8, 4) is 5.75 Å². The number of hydrogen-bond acceptors (Lipinski definition) is 5. The van der Waals surface area contributed by atoms with Gasteiger partial charge in [-0.3, -0.25) is 10.1 Å². The fraction of sp³-hybridized carbons (Fsp3) is 0.500. The van der Waals surface area contributed by atoms with E-state index >= 15 is 0 Å². The molecule has 1 rings (SSSR count). The highest BCUT2D eigenvalue weighted by Crippen LogP contribution is 2.27. The molecule has 0 saturated carbocycles. The van der Waals surface area contributed by atoms with Gasteiger partial charge in [-0.15, -0.1) is 0 Å². The van der Waals surface area contributed by atoms with E-state index in [2.05, 4.69) is 5.32 Å². The number of rotatable bonds is 7. The summed E-state index contributed by atoms with van der Waals surface area (Å²) >= 11 is 0. The molecule has 0 aliphatic carbocycles. The number of aryl methyl sites for hydroxylation is 1. The molecule has 6 heteroatoms. The normalized spacial score (nSPS) is 12.2. The van der Waals surface area contributed by atoms with Crippen LogP contribution in [0.1, 0.15) is 12.5 Å². The molecule has 0 fully saturated rings. The third-order valence-electron chi connectivity index (χ3n) is 2.37. The van der Waals surface area contributed by atoms with Crippen molar-refractivity contribution in [3.05, 3.63) is 33.9 Å². The lowest BCUT2D eigenvalue weighted by atomic mass is 10.2. The second-order valence-corrected chi connectivity index (χ2v) is 4.00. The van der Waals surface area contributed by atoms with Gasteiger partial charge in [-0.25, -0.2) is 0 Å². The maximum absolute atomic E-state index is 10.8. The summed E-state index contributed by atoms with van der Waals surface area (Å²) in [5, 5.41) is 23.4. The number of nitrogens with one attached hydrogen (secondary N) is 1. The maximum atomic E-state index is 10.8. The van der Waals surface area contributed by atoms with Crippen LogP contribution >= 0.6 is 0 Å². The van der Waals surface area contributed by atoms with E-state index in [9.17, 15) is 15.2 Å². The molecular formula is C12H18N2O4. The summed E-state index contributed by atoms with van der Waals surface area (Å²) in [5.74, 6) is 0.190. The number of aliphatic hydroxyl groups is 1. The lowest BCUT2D eigenvalue weighted by Crippen LogP contribution is -2.31. The maximum Gasteiger partial charge on any atom is 0.310 e. The Morgan fingerprint density at radius 2 is 2.28 bits per heavy atom. The van der Waals surface area contributed by atoms with Gasteiger partial charge >= 0.3 is 5.69 Å². The van der Waals surface area contributed by atoms with E-state index in [4.69, 9.17) is 4.74 Å². The van der Waals surface area contributed by atoms with Crippen molar-refractivity contribution < 1.29 is 14.8 Å². The molecule has 0 amide bonds. The second-order valence-electron chi connectivity index (χ2n) is 4.00. The number of aliphatic hydroxyl groups excluding tert-OH is 1. The smallest absolute Gasteiger partial charge is 0.310 e. The van der Waals surface area contributed by atoms with Crippen LogP contribution < -0.4 is 10.1 Å². The van der Waals surface area contributed by atoms with Crippen LogP contribution in [0, 0.1) is 17.0 Å². The molecule has 0 aliphatic heterocycles. The fourth-order valence-electron chi connectivity index (χ4n) is 1.44. The molecule has 1 aromatic carbocycles. The average Bonchev–Trinajstić information content (AvgIpc) is 2.33. The molecule has 18 heavy (non-hydrogen) atoms. The number of likely N-dealkylation sites (N-methyl/N-ethyl adjacent to an activating group) is 1. The van der Waals surface area contributed by atoms with E-state index in [0.29, 0.717) is 6.54 Å². The van der Waals surface area contributed by atoms with E-state index < -0.39 is 11.0 Å². The number of ether oxygens (including phenoxy) is 1. The van der Waals surface area contributed by atoms with Crippen LogP contribution in [0.25, 0.3) is 0 Å². The van der Waals surface area contributed by atoms with Gasteiger partial charge in [-0.2, -0.15) is 0 Å². The molecule has 0 aliphatic rings. The van der Waals surface area contributed by atoms with Gasteiger partial charge in [0.25, 0.3) is 0 Å². The van der Waals surface area contributed by atoms with Gasteiger partial charge in [0.1, 0.15) is 12.7 Å². The summed E-state index contributed by atoms with van der Waals surface area (Å²) in [6.07, 6.45) is -0.690. The average molecular weight is 254 g/mol. The molecule has 2 N–H and O–H groups in total. The van der Waals surface area contributed by atoms with Crippen molar-refractivity contribution in [1.29, 1.82) is 0 Å². The zero-order valence-electron chi connectivity index (χ0n) is 10.5. The first-order valence-corrected chi connectivity index (χ1v) is 5.81. The first-order chi connectivity index (χ1) is 8.54. The summed E-state index contributed by atoms with van der Waals surface area (Å²) in [7, 11) is 0. The van der Waals surface area contributed by atoms with Crippen LogP contribution in [0.5, 0.6) is 5.75 Å². The first kappa shape index (κ1) is 14.4. The van der Waals surface area contributed by atoms with E-state index in [0.717, 1.165) is 12.1 Å². The molecule has 100 valence electrons. The summed E-state index contributed by atoms with van der Waals surface area (Å²) < 4.78 is 5.31. The number of hydrogen-bond donors (Lipinski definition) is 2. The van der Waals surface area contributed by atoms with Gasteiger partial charge < -0.3 is 15.2 Å².